The molecular formula is C21H27NO5. The van der Waals surface area contributed by atoms with Gasteiger partial charge in [0.15, 0.2) is 12.6 Å². The Balaban J connectivity index is 1.55. The molecule has 1 aromatic rings. The lowest BCUT2D eigenvalue weighted by Crippen LogP contribution is -2.52. The molecule has 0 unspecified atom stereocenters. The largest absolute Gasteiger partial charge is 0.449 e. The number of rotatable bonds is 7. The van der Waals surface area contributed by atoms with Crippen molar-refractivity contribution in [1.82, 2.24) is 4.90 Å². The Morgan fingerprint density at radius 2 is 2.04 bits per heavy atom. The van der Waals surface area contributed by atoms with Gasteiger partial charge in [0, 0.05) is 12.0 Å². The minimum Gasteiger partial charge on any atom is -0.449 e. The first-order chi connectivity index (χ1) is 12.9. The van der Waals surface area contributed by atoms with Gasteiger partial charge in [-0.3, -0.25) is 4.79 Å². The molecule has 2 fully saturated rings. The van der Waals surface area contributed by atoms with Gasteiger partial charge in [-0.2, -0.15) is 0 Å². The zero-order valence-corrected chi connectivity index (χ0v) is 15.9. The Bertz CT molecular complexity index is 681. The van der Waals surface area contributed by atoms with Crippen molar-refractivity contribution in [1.29, 1.82) is 0 Å². The summed E-state index contributed by atoms with van der Waals surface area (Å²) < 4.78 is 17.0. The van der Waals surface area contributed by atoms with Crippen LogP contribution in [-0.2, 0) is 19.0 Å². The quantitative estimate of drug-likeness (QED) is 0.671. The summed E-state index contributed by atoms with van der Waals surface area (Å²) in [5, 5.41) is 0. The zero-order chi connectivity index (χ0) is 19.4. The Morgan fingerprint density at radius 1 is 1.33 bits per heavy atom. The lowest BCUT2D eigenvalue weighted by molar-refractivity contribution is -0.401. The number of hydrogen-bond acceptors (Lipinski definition) is 5. The number of likely N-dealkylation sites (tertiary alicyclic amines) is 1. The Morgan fingerprint density at radius 3 is 2.70 bits per heavy atom. The van der Waals surface area contributed by atoms with E-state index >= 15 is 0 Å². The fourth-order valence-corrected chi connectivity index (χ4v) is 3.30. The molecule has 0 bridgehead atoms. The highest BCUT2D eigenvalue weighted by atomic mass is 16.9. The van der Waals surface area contributed by atoms with Crippen LogP contribution in [0.25, 0.3) is 0 Å². The maximum absolute atomic E-state index is 12.5. The van der Waals surface area contributed by atoms with Crippen molar-refractivity contribution in [3.8, 4) is 0 Å². The number of benzene rings is 1. The van der Waals surface area contributed by atoms with E-state index in [2.05, 4.69) is 6.58 Å². The summed E-state index contributed by atoms with van der Waals surface area (Å²) in [7, 11) is 0. The maximum Gasteiger partial charge on any atom is 0.416 e. The summed E-state index contributed by atoms with van der Waals surface area (Å²) in [5.41, 5.74) is 0.737. The number of carbonyl (C=O) groups excluding carboxylic acids is 2. The molecule has 2 saturated heterocycles. The summed E-state index contributed by atoms with van der Waals surface area (Å²) in [6.45, 7) is 8.01. The molecule has 27 heavy (non-hydrogen) atoms. The molecule has 2 heterocycles. The van der Waals surface area contributed by atoms with Crippen LogP contribution in [0, 0.1) is 5.41 Å². The highest BCUT2D eigenvalue weighted by Crippen LogP contribution is 2.38. The smallest absolute Gasteiger partial charge is 0.416 e. The van der Waals surface area contributed by atoms with Gasteiger partial charge in [-0.05, 0) is 24.7 Å². The topological polar surface area (TPSA) is 65.1 Å². The molecule has 0 N–H and O–H groups in total. The van der Waals surface area contributed by atoms with Gasteiger partial charge in [-0.15, -0.1) is 6.58 Å². The molecule has 0 saturated carbocycles. The first-order valence-electron chi connectivity index (χ1n) is 9.37. The standard InChI is InChI=1S/C21H27NO5/c1-4-5-13-21(2,3)14-25-20(24)22-16(11-12-17(22)23)19-26-18(27-19)15-9-7-6-8-10-15/h4,6-10,16,18-19H,1,5,11-14H2,2-3H3/t16-,18?,19?/m0/s1. The summed E-state index contributed by atoms with van der Waals surface area (Å²) in [6, 6.07) is 9.12. The zero-order valence-electron chi connectivity index (χ0n) is 15.9. The number of hydrogen-bond donors (Lipinski definition) is 0. The SMILES string of the molecule is C=CCCC(C)(C)COC(=O)N1C(=O)CC[C@H]1C1OC(c2ccccc2)O1. The molecule has 1 aromatic carbocycles. The van der Waals surface area contributed by atoms with Crippen molar-refractivity contribution >= 4 is 12.0 Å². The fraction of sp³-hybridized carbons (Fsp3) is 0.524. The Kier molecular flexibility index (Phi) is 5.97. The van der Waals surface area contributed by atoms with Crippen LogP contribution in [0.2, 0.25) is 0 Å². The highest BCUT2D eigenvalue weighted by Gasteiger charge is 2.48. The lowest BCUT2D eigenvalue weighted by atomic mass is 9.89. The molecule has 0 radical (unpaired) electrons. The highest BCUT2D eigenvalue weighted by molar-refractivity contribution is 5.94. The van der Waals surface area contributed by atoms with E-state index in [1.807, 2.05) is 50.3 Å². The predicted octanol–water partition coefficient (Wildman–Crippen LogP) is 4.18. The van der Waals surface area contributed by atoms with Gasteiger partial charge in [0.1, 0.15) is 0 Å². The van der Waals surface area contributed by atoms with Gasteiger partial charge >= 0.3 is 6.09 Å². The van der Waals surface area contributed by atoms with Crippen LogP contribution >= 0.6 is 0 Å². The average molecular weight is 373 g/mol. The number of ether oxygens (including phenoxy) is 3. The van der Waals surface area contributed by atoms with Gasteiger partial charge in [0.2, 0.25) is 5.91 Å². The third-order valence-electron chi connectivity index (χ3n) is 4.96. The summed E-state index contributed by atoms with van der Waals surface area (Å²) in [6.07, 6.45) is 2.67. The van der Waals surface area contributed by atoms with Gasteiger partial charge in [-0.25, -0.2) is 9.69 Å². The van der Waals surface area contributed by atoms with Gasteiger partial charge in [0.25, 0.3) is 0 Å². The van der Waals surface area contributed by atoms with Crippen LogP contribution < -0.4 is 0 Å². The third kappa shape index (κ3) is 4.57. The van der Waals surface area contributed by atoms with E-state index in [0.29, 0.717) is 12.8 Å². The van der Waals surface area contributed by atoms with Crippen LogP contribution in [0.4, 0.5) is 4.79 Å². The first kappa shape index (κ1) is 19.6. The fourth-order valence-electron chi connectivity index (χ4n) is 3.30. The van der Waals surface area contributed by atoms with Gasteiger partial charge in [-0.1, -0.05) is 50.3 Å². The van der Waals surface area contributed by atoms with Crippen molar-refractivity contribution < 1.29 is 23.8 Å². The van der Waals surface area contributed by atoms with E-state index in [1.54, 1.807) is 0 Å². The second-order valence-electron chi connectivity index (χ2n) is 7.80. The number of carbonyl (C=O) groups is 2. The van der Waals surface area contributed by atoms with Gasteiger partial charge < -0.3 is 14.2 Å². The summed E-state index contributed by atoms with van der Waals surface area (Å²) in [5.74, 6) is -0.246. The predicted molar refractivity (Wildman–Crippen MR) is 99.6 cm³/mol. The van der Waals surface area contributed by atoms with Gasteiger partial charge in [0.05, 0.1) is 12.6 Å². The second-order valence-corrected chi connectivity index (χ2v) is 7.80. The molecule has 146 valence electrons. The van der Waals surface area contributed by atoms with E-state index in [4.69, 9.17) is 14.2 Å². The number of amides is 2. The second kappa shape index (κ2) is 8.23. The average Bonchev–Trinajstić information content (AvgIpc) is 2.99. The van der Waals surface area contributed by atoms with E-state index in [-0.39, 0.29) is 17.9 Å². The maximum atomic E-state index is 12.5. The molecule has 2 amide bonds. The number of nitrogens with zero attached hydrogens (tertiary/aromatic N) is 1. The monoisotopic (exact) mass is 373 g/mol. The summed E-state index contributed by atoms with van der Waals surface area (Å²) >= 11 is 0. The Hall–Kier alpha value is -2.18. The van der Waals surface area contributed by atoms with E-state index < -0.39 is 24.7 Å². The van der Waals surface area contributed by atoms with Crippen LogP contribution in [0.15, 0.2) is 43.0 Å². The molecule has 0 aliphatic carbocycles. The van der Waals surface area contributed by atoms with Crippen molar-refractivity contribution in [2.45, 2.75) is 58.2 Å². The Labute approximate surface area is 160 Å². The van der Waals surface area contributed by atoms with E-state index in [9.17, 15) is 9.59 Å². The molecule has 6 nitrogen and oxygen atoms in total. The number of allylic oxidation sites excluding steroid dienone is 1. The van der Waals surface area contributed by atoms with Crippen molar-refractivity contribution in [3.63, 3.8) is 0 Å². The minimum absolute atomic E-state index is 0.177. The minimum atomic E-state index is -0.621. The molecule has 1 atom stereocenters. The van der Waals surface area contributed by atoms with Crippen LogP contribution in [0.3, 0.4) is 0 Å². The van der Waals surface area contributed by atoms with Crippen molar-refractivity contribution in [2.24, 2.45) is 5.41 Å². The van der Waals surface area contributed by atoms with Crippen molar-refractivity contribution in [2.75, 3.05) is 6.61 Å². The van der Waals surface area contributed by atoms with Crippen LogP contribution in [-0.4, -0.2) is 35.8 Å². The first-order valence-corrected chi connectivity index (χ1v) is 9.37. The summed E-state index contributed by atoms with van der Waals surface area (Å²) in [4.78, 5) is 25.9. The molecule has 6 heteroatoms. The normalized spacial score (nSPS) is 25.2. The molecule has 0 aromatic heterocycles. The molecule has 0 spiro atoms. The molecule has 3 rings (SSSR count). The number of imide groups is 1. The molecule has 2 aliphatic rings. The third-order valence-corrected chi connectivity index (χ3v) is 4.96. The van der Waals surface area contributed by atoms with E-state index in [0.717, 1.165) is 23.3 Å². The molecular weight excluding hydrogens is 346 g/mol. The molecule has 2 aliphatic heterocycles. The van der Waals surface area contributed by atoms with Crippen molar-refractivity contribution in [3.05, 3.63) is 48.6 Å². The van der Waals surface area contributed by atoms with Crippen LogP contribution in [0.1, 0.15) is 51.4 Å². The van der Waals surface area contributed by atoms with Crippen LogP contribution in [0.5, 0.6) is 0 Å². The van der Waals surface area contributed by atoms with E-state index in [1.165, 1.54) is 0 Å². The lowest BCUT2D eigenvalue weighted by Gasteiger charge is -2.41.